The molecule has 0 spiro atoms. The molecule has 0 amide bonds. The Morgan fingerprint density at radius 2 is 1.71 bits per heavy atom. The number of hydrogen-bond acceptors (Lipinski definition) is 1. The van der Waals surface area contributed by atoms with Gasteiger partial charge in [-0.3, -0.25) is 0 Å². The van der Waals surface area contributed by atoms with E-state index in [0.717, 1.165) is 17.3 Å². The van der Waals surface area contributed by atoms with Crippen LogP contribution in [-0.2, 0) is 10.7 Å². The maximum Gasteiger partial charge on any atom is 0.119 e. The molecule has 0 aliphatic heterocycles. The van der Waals surface area contributed by atoms with E-state index in [-0.39, 0.29) is 10.8 Å². The summed E-state index contributed by atoms with van der Waals surface area (Å²) in [5.41, 5.74) is 2.48. The first kappa shape index (κ1) is 14.6. The quantitative estimate of drug-likeness (QED) is 0.779. The lowest BCUT2D eigenvalue weighted by molar-refractivity contribution is 0.277. The average molecular weight is 299 g/mol. The number of halogens is 1. The lowest BCUT2D eigenvalue weighted by atomic mass is 9.71. The van der Waals surface area contributed by atoms with Gasteiger partial charge < -0.3 is 5.11 Å². The molecule has 0 aliphatic rings. The van der Waals surface area contributed by atoms with Gasteiger partial charge in [0.2, 0.25) is 0 Å². The van der Waals surface area contributed by atoms with E-state index in [1.54, 1.807) is 6.07 Å². The Hall–Kier alpha value is -0.500. The first-order chi connectivity index (χ1) is 7.67. The van der Waals surface area contributed by atoms with Crippen LogP contribution in [0.1, 0.15) is 52.2 Å². The van der Waals surface area contributed by atoms with Gasteiger partial charge in [0, 0.05) is 10.9 Å². The molecule has 0 heterocycles. The van der Waals surface area contributed by atoms with Crippen molar-refractivity contribution in [2.75, 3.05) is 0 Å². The molecule has 1 aromatic carbocycles. The molecule has 0 aliphatic carbocycles. The van der Waals surface area contributed by atoms with Crippen molar-refractivity contribution in [2.24, 2.45) is 5.41 Å². The van der Waals surface area contributed by atoms with Crippen LogP contribution in [-0.4, -0.2) is 5.11 Å². The van der Waals surface area contributed by atoms with Crippen LogP contribution in [0.4, 0.5) is 0 Å². The first-order valence-electron chi connectivity index (χ1n) is 6.05. The van der Waals surface area contributed by atoms with Crippen molar-refractivity contribution >= 4 is 15.9 Å². The fraction of sp³-hybridized carbons (Fsp3) is 0.600. The molecule has 0 atom stereocenters. The van der Waals surface area contributed by atoms with E-state index < -0.39 is 0 Å². The van der Waals surface area contributed by atoms with E-state index in [4.69, 9.17) is 0 Å². The van der Waals surface area contributed by atoms with Crippen molar-refractivity contribution in [3.63, 3.8) is 0 Å². The second-order valence-corrected chi connectivity index (χ2v) is 7.13. The van der Waals surface area contributed by atoms with Gasteiger partial charge in [-0.15, -0.1) is 0 Å². The summed E-state index contributed by atoms with van der Waals surface area (Å²) in [6.07, 6.45) is 1.04. The van der Waals surface area contributed by atoms with Crippen molar-refractivity contribution in [1.82, 2.24) is 0 Å². The van der Waals surface area contributed by atoms with Gasteiger partial charge in [-0.05, 0) is 28.9 Å². The third-order valence-corrected chi connectivity index (χ3v) is 3.53. The molecule has 0 radical (unpaired) electrons. The minimum atomic E-state index is -0.0211. The molecule has 0 fully saturated rings. The highest BCUT2D eigenvalue weighted by Crippen LogP contribution is 2.42. The Morgan fingerprint density at radius 3 is 2.18 bits per heavy atom. The molecule has 0 aromatic heterocycles. The third-order valence-electron chi connectivity index (χ3n) is 2.92. The Balaban J connectivity index is 3.22. The molecular weight excluding hydrogens is 276 g/mol. The number of phenols is 1. The van der Waals surface area contributed by atoms with E-state index >= 15 is 0 Å². The number of benzene rings is 1. The topological polar surface area (TPSA) is 20.2 Å². The summed E-state index contributed by atoms with van der Waals surface area (Å²) in [7, 11) is 0. The Labute approximate surface area is 113 Å². The summed E-state index contributed by atoms with van der Waals surface area (Å²) in [6, 6.07) is 5.77. The Kier molecular flexibility index (Phi) is 4.29. The SMILES string of the molecule is CC(C)(C)CC(C)(C)c1c(O)cccc1CBr. The van der Waals surface area contributed by atoms with E-state index in [2.05, 4.69) is 56.6 Å². The zero-order chi connectivity index (χ0) is 13.3. The number of aromatic hydroxyl groups is 1. The highest BCUT2D eigenvalue weighted by molar-refractivity contribution is 9.08. The molecule has 17 heavy (non-hydrogen) atoms. The van der Waals surface area contributed by atoms with Gasteiger partial charge in [-0.25, -0.2) is 0 Å². The molecule has 0 bridgehead atoms. The lowest BCUT2D eigenvalue weighted by Gasteiger charge is -2.34. The van der Waals surface area contributed by atoms with Crippen molar-refractivity contribution in [3.8, 4) is 5.75 Å². The fourth-order valence-electron chi connectivity index (χ4n) is 2.89. The van der Waals surface area contributed by atoms with Gasteiger partial charge in [0.15, 0.2) is 0 Å². The van der Waals surface area contributed by atoms with Crippen LogP contribution in [0.5, 0.6) is 5.75 Å². The molecule has 96 valence electrons. The van der Waals surface area contributed by atoms with E-state index in [0.29, 0.717) is 5.75 Å². The van der Waals surface area contributed by atoms with Crippen molar-refractivity contribution in [2.45, 2.75) is 51.8 Å². The lowest BCUT2D eigenvalue weighted by Crippen LogP contribution is -2.26. The summed E-state index contributed by atoms with van der Waals surface area (Å²) in [4.78, 5) is 0. The third kappa shape index (κ3) is 3.74. The van der Waals surface area contributed by atoms with E-state index in [1.165, 1.54) is 5.56 Å². The van der Waals surface area contributed by atoms with Gasteiger partial charge in [0.25, 0.3) is 0 Å². The Bertz CT molecular complexity index is 388. The van der Waals surface area contributed by atoms with Gasteiger partial charge in [0.1, 0.15) is 5.75 Å². The predicted molar refractivity (Wildman–Crippen MR) is 77.8 cm³/mol. The standard InChI is InChI=1S/C15H23BrO/c1-14(2,3)10-15(4,5)13-11(9-16)7-6-8-12(13)17/h6-8,17H,9-10H2,1-5H3. The minimum Gasteiger partial charge on any atom is -0.508 e. The molecule has 0 saturated carbocycles. The molecule has 0 saturated heterocycles. The van der Waals surface area contributed by atoms with Crippen LogP contribution in [0.2, 0.25) is 0 Å². The second-order valence-electron chi connectivity index (χ2n) is 6.57. The minimum absolute atomic E-state index is 0.0211. The van der Waals surface area contributed by atoms with Crippen molar-refractivity contribution in [3.05, 3.63) is 29.3 Å². The first-order valence-corrected chi connectivity index (χ1v) is 7.17. The zero-order valence-electron chi connectivity index (χ0n) is 11.5. The summed E-state index contributed by atoms with van der Waals surface area (Å²) in [5.74, 6) is 0.413. The largest absolute Gasteiger partial charge is 0.508 e. The van der Waals surface area contributed by atoms with Gasteiger partial charge in [-0.2, -0.15) is 0 Å². The summed E-state index contributed by atoms with van der Waals surface area (Å²) < 4.78 is 0. The molecule has 1 rings (SSSR count). The van der Waals surface area contributed by atoms with Crippen molar-refractivity contribution in [1.29, 1.82) is 0 Å². The van der Waals surface area contributed by atoms with Gasteiger partial charge in [-0.1, -0.05) is 62.7 Å². The summed E-state index contributed by atoms with van der Waals surface area (Å²) in [6.45, 7) is 11.1. The highest BCUT2D eigenvalue weighted by atomic mass is 79.9. The smallest absolute Gasteiger partial charge is 0.119 e. The molecule has 1 nitrogen and oxygen atoms in total. The van der Waals surface area contributed by atoms with E-state index in [1.807, 2.05) is 6.07 Å². The van der Waals surface area contributed by atoms with Crippen LogP contribution in [0.15, 0.2) is 18.2 Å². The van der Waals surface area contributed by atoms with Crippen LogP contribution < -0.4 is 0 Å². The summed E-state index contributed by atoms with van der Waals surface area (Å²) >= 11 is 3.50. The van der Waals surface area contributed by atoms with Crippen LogP contribution in [0.25, 0.3) is 0 Å². The summed E-state index contributed by atoms with van der Waals surface area (Å²) in [5, 5.41) is 10.9. The number of phenolic OH excluding ortho intramolecular Hbond substituents is 1. The average Bonchev–Trinajstić information content (AvgIpc) is 2.12. The number of alkyl halides is 1. The highest BCUT2D eigenvalue weighted by Gasteiger charge is 2.31. The zero-order valence-corrected chi connectivity index (χ0v) is 13.1. The maximum absolute atomic E-state index is 10.1. The number of hydrogen-bond donors (Lipinski definition) is 1. The molecule has 0 unspecified atom stereocenters. The molecular formula is C15H23BrO. The van der Waals surface area contributed by atoms with Gasteiger partial charge in [0.05, 0.1) is 0 Å². The van der Waals surface area contributed by atoms with E-state index in [9.17, 15) is 5.11 Å². The number of rotatable bonds is 3. The van der Waals surface area contributed by atoms with Crippen LogP contribution >= 0.6 is 15.9 Å². The van der Waals surface area contributed by atoms with Crippen LogP contribution in [0.3, 0.4) is 0 Å². The second kappa shape index (κ2) is 5.01. The molecule has 2 heteroatoms. The molecule has 1 N–H and O–H groups in total. The fourth-order valence-corrected chi connectivity index (χ4v) is 3.36. The predicted octanol–water partition coefficient (Wildman–Crippen LogP) is 5.00. The monoisotopic (exact) mass is 298 g/mol. The maximum atomic E-state index is 10.1. The Morgan fingerprint density at radius 1 is 1.12 bits per heavy atom. The van der Waals surface area contributed by atoms with Crippen LogP contribution in [0, 0.1) is 5.41 Å². The normalized spacial score (nSPS) is 12.8. The molecule has 1 aromatic rings. The van der Waals surface area contributed by atoms with Crippen molar-refractivity contribution < 1.29 is 5.11 Å². The van der Waals surface area contributed by atoms with Gasteiger partial charge >= 0.3 is 0 Å².